The van der Waals surface area contributed by atoms with Gasteiger partial charge in [0.1, 0.15) is 13.2 Å². The standard InChI is InChI=1S/C20H27N3O4/c1-13-14-9-16-17(27-8-7-26-16)10-15(14)20(5-3-4-6-20)12-23(13)11-18(24)22-19(25)21-2/h9-10,13H,3-8,11-12H2,1-2H3,(H2,21,22,24,25). The fourth-order valence-corrected chi connectivity index (χ4v) is 4.80. The molecule has 0 bridgehead atoms. The number of fused-ring (bicyclic) bond motifs is 3. The second kappa shape index (κ2) is 7.03. The summed E-state index contributed by atoms with van der Waals surface area (Å²) in [5, 5.41) is 4.80. The lowest BCUT2D eigenvalue weighted by Crippen LogP contribution is -2.50. The molecule has 4 rings (SSSR count). The van der Waals surface area contributed by atoms with Gasteiger partial charge in [-0.3, -0.25) is 15.0 Å². The van der Waals surface area contributed by atoms with Gasteiger partial charge < -0.3 is 14.8 Å². The van der Waals surface area contributed by atoms with Crippen molar-refractivity contribution >= 4 is 11.9 Å². The number of amides is 3. The largest absolute Gasteiger partial charge is 0.486 e. The van der Waals surface area contributed by atoms with Crippen LogP contribution in [-0.4, -0.2) is 50.2 Å². The molecule has 27 heavy (non-hydrogen) atoms. The van der Waals surface area contributed by atoms with E-state index in [0.717, 1.165) is 30.9 Å². The predicted octanol–water partition coefficient (Wildman–Crippen LogP) is 2.10. The zero-order valence-electron chi connectivity index (χ0n) is 16.0. The number of nitrogens with zero attached hydrogens (tertiary/aromatic N) is 1. The Balaban J connectivity index is 1.66. The molecule has 146 valence electrons. The van der Waals surface area contributed by atoms with Crippen molar-refractivity contribution in [2.24, 2.45) is 0 Å². The van der Waals surface area contributed by atoms with E-state index in [0.29, 0.717) is 13.2 Å². The number of urea groups is 1. The summed E-state index contributed by atoms with van der Waals surface area (Å²) in [5.74, 6) is 1.34. The first-order valence-corrected chi connectivity index (χ1v) is 9.72. The Hall–Kier alpha value is -2.28. The molecular weight excluding hydrogens is 346 g/mol. The van der Waals surface area contributed by atoms with Crippen molar-refractivity contribution in [3.8, 4) is 11.5 Å². The third kappa shape index (κ3) is 3.25. The molecule has 2 heterocycles. The Morgan fingerprint density at radius 1 is 1.19 bits per heavy atom. The van der Waals surface area contributed by atoms with Crippen LogP contribution in [0.2, 0.25) is 0 Å². The zero-order chi connectivity index (χ0) is 19.0. The smallest absolute Gasteiger partial charge is 0.321 e. The van der Waals surface area contributed by atoms with E-state index in [4.69, 9.17) is 9.47 Å². The topological polar surface area (TPSA) is 79.9 Å². The van der Waals surface area contributed by atoms with Gasteiger partial charge in [-0.05, 0) is 43.0 Å². The molecule has 1 aromatic carbocycles. The number of carbonyl (C=O) groups excluding carboxylic acids is 2. The van der Waals surface area contributed by atoms with Gasteiger partial charge in [-0.15, -0.1) is 0 Å². The van der Waals surface area contributed by atoms with Crippen molar-refractivity contribution in [3.63, 3.8) is 0 Å². The van der Waals surface area contributed by atoms with Crippen LogP contribution in [0.15, 0.2) is 12.1 Å². The molecule has 2 aliphatic heterocycles. The molecule has 1 unspecified atom stereocenters. The van der Waals surface area contributed by atoms with Gasteiger partial charge in [0.15, 0.2) is 11.5 Å². The van der Waals surface area contributed by atoms with Gasteiger partial charge in [0.05, 0.1) is 6.54 Å². The second-order valence-electron chi connectivity index (χ2n) is 7.78. The molecule has 3 aliphatic rings. The lowest BCUT2D eigenvalue weighted by Gasteiger charge is -2.46. The fourth-order valence-electron chi connectivity index (χ4n) is 4.80. The molecular formula is C20H27N3O4. The van der Waals surface area contributed by atoms with Crippen molar-refractivity contribution in [1.29, 1.82) is 0 Å². The number of carbonyl (C=O) groups is 2. The summed E-state index contributed by atoms with van der Waals surface area (Å²) in [5.41, 5.74) is 2.60. The van der Waals surface area contributed by atoms with E-state index in [9.17, 15) is 9.59 Å². The monoisotopic (exact) mass is 373 g/mol. The number of imide groups is 1. The maximum Gasteiger partial charge on any atom is 0.321 e. The molecule has 7 heteroatoms. The highest BCUT2D eigenvalue weighted by Crippen LogP contribution is 2.51. The Bertz CT molecular complexity index is 758. The minimum absolute atomic E-state index is 0.0466. The summed E-state index contributed by atoms with van der Waals surface area (Å²) in [7, 11) is 1.50. The Kier molecular flexibility index (Phi) is 4.72. The number of rotatable bonds is 2. The van der Waals surface area contributed by atoms with E-state index in [1.54, 1.807) is 0 Å². The summed E-state index contributed by atoms with van der Waals surface area (Å²) in [6.07, 6.45) is 4.61. The van der Waals surface area contributed by atoms with Crippen LogP contribution in [-0.2, 0) is 10.2 Å². The Morgan fingerprint density at radius 2 is 1.85 bits per heavy atom. The van der Waals surface area contributed by atoms with Gasteiger partial charge in [-0.25, -0.2) is 4.79 Å². The van der Waals surface area contributed by atoms with Gasteiger partial charge in [-0.1, -0.05) is 12.8 Å². The van der Waals surface area contributed by atoms with E-state index in [-0.39, 0.29) is 23.9 Å². The molecule has 1 aliphatic carbocycles. The van der Waals surface area contributed by atoms with Crippen LogP contribution in [0.4, 0.5) is 4.79 Å². The summed E-state index contributed by atoms with van der Waals surface area (Å²) in [4.78, 5) is 26.0. The average Bonchev–Trinajstić information content (AvgIpc) is 3.14. The van der Waals surface area contributed by atoms with Crippen LogP contribution < -0.4 is 20.1 Å². The maximum absolute atomic E-state index is 12.3. The molecule has 7 nitrogen and oxygen atoms in total. The molecule has 3 amide bonds. The van der Waals surface area contributed by atoms with Gasteiger partial charge >= 0.3 is 6.03 Å². The number of benzene rings is 1. The molecule has 1 saturated carbocycles. The molecule has 0 aromatic heterocycles. The van der Waals surface area contributed by atoms with Crippen molar-refractivity contribution in [2.75, 3.05) is 33.4 Å². The number of hydrogen-bond acceptors (Lipinski definition) is 5. The highest BCUT2D eigenvalue weighted by Gasteiger charge is 2.45. The Labute approximate surface area is 159 Å². The molecule has 1 aromatic rings. The second-order valence-corrected chi connectivity index (χ2v) is 7.78. The normalized spacial score (nSPS) is 23.0. The average molecular weight is 373 g/mol. The van der Waals surface area contributed by atoms with Crippen molar-refractivity contribution < 1.29 is 19.1 Å². The highest BCUT2D eigenvalue weighted by atomic mass is 16.6. The maximum atomic E-state index is 12.3. The molecule has 1 spiro atoms. The SMILES string of the molecule is CNC(=O)NC(=O)CN1CC2(CCCC2)c2cc3c(cc2C1C)OCCO3. The molecule has 1 fully saturated rings. The van der Waals surface area contributed by atoms with Crippen LogP contribution in [0, 0.1) is 0 Å². The van der Waals surface area contributed by atoms with Crippen molar-refractivity contribution in [3.05, 3.63) is 23.3 Å². The van der Waals surface area contributed by atoms with Gasteiger partial charge in [0.2, 0.25) is 5.91 Å². The van der Waals surface area contributed by atoms with E-state index >= 15 is 0 Å². The van der Waals surface area contributed by atoms with Gasteiger partial charge in [0.25, 0.3) is 0 Å². The molecule has 0 radical (unpaired) electrons. The fraction of sp³-hybridized carbons (Fsp3) is 0.600. The minimum atomic E-state index is -0.472. The lowest BCUT2D eigenvalue weighted by atomic mass is 9.71. The third-order valence-electron chi connectivity index (χ3n) is 6.18. The van der Waals surface area contributed by atoms with E-state index in [2.05, 4.69) is 34.6 Å². The zero-order valence-corrected chi connectivity index (χ0v) is 16.0. The number of hydrogen-bond donors (Lipinski definition) is 2. The molecule has 2 N–H and O–H groups in total. The number of ether oxygens (including phenoxy) is 2. The first kappa shape index (κ1) is 18.1. The first-order valence-electron chi connectivity index (χ1n) is 9.72. The summed E-state index contributed by atoms with van der Waals surface area (Å²) in [6.45, 7) is 4.28. The number of nitrogens with one attached hydrogen (secondary N) is 2. The quantitative estimate of drug-likeness (QED) is 0.830. The summed E-state index contributed by atoms with van der Waals surface area (Å²) in [6, 6.07) is 3.86. The molecule has 1 atom stereocenters. The van der Waals surface area contributed by atoms with E-state index in [1.807, 2.05) is 0 Å². The summed E-state index contributed by atoms with van der Waals surface area (Å²) >= 11 is 0. The highest BCUT2D eigenvalue weighted by molar-refractivity contribution is 5.95. The first-order chi connectivity index (χ1) is 13.0. The lowest BCUT2D eigenvalue weighted by molar-refractivity contribution is -0.122. The minimum Gasteiger partial charge on any atom is -0.486 e. The van der Waals surface area contributed by atoms with Crippen LogP contribution >= 0.6 is 0 Å². The van der Waals surface area contributed by atoms with Gasteiger partial charge in [0, 0.05) is 25.0 Å². The van der Waals surface area contributed by atoms with Crippen molar-refractivity contribution in [2.45, 2.75) is 44.1 Å². The van der Waals surface area contributed by atoms with Crippen LogP contribution in [0.5, 0.6) is 11.5 Å². The third-order valence-corrected chi connectivity index (χ3v) is 6.18. The van der Waals surface area contributed by atoms with Crippen LogP contribution in [0.25, 0.3) is 0 Å². The molecule has 0 saturated heterocycles. The van der Waals surface area contributed by atoms with Gasteiger partial charge in [-0.2, -0.15) is 0 Å². The van der Waals surface area contributed by atoms with Crippen LogP contribution in [0.1, 0.15) is 49.8 Å². The van der Waals surface area contributed by atoms with E-state index < -0.39 is 6.03 Å². The predicted molar refractivity (Wildman–Crippen MR) is 100 cm³/mol. The summed E-state index contributed by atoms with van der Waals surface area (Å²) < 4.78 is 11.6. The van der Waals surface area contributed by atoms with Crippen molar-refractivity contribution in [1.82, 2.24) is 15.5 Å². The Morgan fingerprint density at radius 3 is 2.52 bits per heavy atom. The van der Waals surface area contributed by atoms with E-state index in [1.165, 1.54) is 31.0 Å². The van der Waals surface area contributed by atoms with Crippen LogP contribution in [0.3, 0.4) is 0 Å².